The first kappa shape index (κ1) is 12.1. The van der Waals surface area contributed by atoms with Crippen LogP contribution in [0.15, 0.2) is 0 Å². The number of carbonyl (C=O) groups is 1. The molecule has 3 nitrogen and oxygen atoms in total. The van der Waals surface area contributed by atoms with Gasteiger partial charge in [-0.15, -0.1) is 6.42 Å². The summed E-state index contributed by atoms with van der Waals surface area (Å²) in [4.78, 5) is 10.8. The van der Waals surface area contributed by atoms with Crippen LogP contribution in [0.3, 0.4) is 0 Å². The molecule has 1 aliphatic carbocycles. The molecule has 0 aromatic carbocycles. The van der Waals surface area contributed by atoms with Gasteiger partial charge < -0.3 is 10.4 Å². The minimum Gasteiger partial charge on any atom is -0.481 e. The molecule has 0 spiro atoms. The highest BCUT2D eigenvalue weighted by Gasteiger charge is 2.20. The first-order chi connectivity index (χ1) is 7.24. The van der Waals surface area contributed by atoms with Gasteiger partial charge in [0.05, 0.1) is 12.5 Å². The van der Waals surface area contributed by atoms with E-state index in [1.807, 2.05) is 0 Å². The summed E-state index contributed by atoms with van der Waals surface area (Å²) in [6, 6.07) is 0.482. The van der Waals surface area contributed by atoms with Crippen molar-refractivity contribution in [2.45, 2.75) is 44.6 Å². The summed E-state index contributed by atoms with van der Waals surface area (Å²) >= 11 is 0. The van der Waals surface area contributed by atoms with Gasteiger partial charge >= 0.3 is 5.97 Å². The Hall–Kier alpha value is -1.01. The molecule has 0 aromatic heterocycles. The summed E-state index contributed by atoms with van der Waals surface area (Å²) in [7, 11) is 0. The van der Waals surface area contributed by atoms with Crippen LogP contribution in [0.2, 0.25) is 0 Å². The predicted molar refractivity (Wildman–Crippen MR) is 59.5 cm³/mol. The van der Waals surface area contributed by atoms with Crippen LogP contribution in [0.4, 0.5) is 0 Å². The molecule has 0 radical (unpaired) electrons. The lowest BCUT2D eigenvalue weighted by atomic mass is 9.89. The van der Waals surface area contributed by atoms with Crippen LogP contribution < -0.4 is 5.32 Å². The van der Waals surface area contributed by atoms with Crippen LogP contribution in [0.25, 0.3) is 0 Å². The van der Waals surface area contributed by atoms with E-state index in [0.29, 0.717) is 12.6 Å². The maximum absolute atomic E-state index is 10.8. The van der Waals surface area contributed by atoms with E-state index in [0.717, 1.165) is 38.5 Å². The van der Waals surface area contributed by atoms with Crippen LogP contribution in [-0.4, -0.2) is 23.7 Å². The highest BCUT2D eigenvalue weighted by atomic mass is 16.4. The van der Waals surface area contributed by atoms with Crippen molar-refractivity contribution in [3.05, 3.63) is 0 Å². The number of rotatable bonds is 3. The Bertz CT molecular complexity index is 234. The van der Waals surface area contributed by atoms with Crippen molar-refractivity contribution in [3.63, 3.8) is 0 Å². The smallest absolute Gasteiger partial charge is 0.306 e. The molecule has 0 bridgehead atoms. The van der Waals surface area contributed by atoms with Crippen molar-refractivity contribution in [2.75, 3.05) is 6.54 Å². The Morgan fingerprint density at radius 2 is 1.93 bits per heavy atom. The van der Waals surface area contributed by atoms with Gasteiger partial charge in [-0.1, -0.05) is 18.8 Å². The van der Waals surface area contributed by atoms with Crippen molar-refractivity contribution < 1.29 is 9.90 Å². The van der Waals surface area contributed by atoms with E-state index in [-0.39, 0.29) is 5.92 Å². The standard InChI is InChI=1S/C12H19NO2/c1-2-9-13-11-7-3-5-10(12(14)15)6-4-8-11/h1,10-11,13H,3-9H2,(H,14,15). The van der Waals surface area contributed by atoms with Gasteiger partial charge in [0.25, 0.3) is 0 Å². The van der Waals surface area contributed by atoms with Crippen molar-refractivity contribution in [1.29, 1.82) is 0 Å². The second kappa shape index (κ2) is 6.47. The van der Waals surface area contributed by atoms with Crippen molar-refractivity contribution in [1.82, 2.24) is 5.32 Å². The molecule has 84 valence electrons. The molecule has 1 rings (SSSR count). The number of carboxylic acids is 1. The molecule has 15 heavy (non-hydrogen) atoms. The lowest BCUT2D eigenvalue weighted by Gasteiger charge is -2.22. The minimum absolute atomic E-state index is 0.126. The Morgan fingerprint density at radius 3 is 2.40 bits per heavy atom. The molecule has 1 fully saturated rings. The SMILES string of the molecule is C#CCNC1CCCC(C(=O)O)CCC1. The Balaban J connectivity index is 2.30. The molecule has 0 unspecified atom stereocenters. The quantitative estimate of drug-likeness (QED) is 0.695. The average Bonchev–Trinajstić information content (AvgIpc) is 2.15. The average molecular weight is 209 g/mol. The summed E-state index contributed by atoms with van der Waals surface area (Å²) in [6.45, 7) is 0.618. The van der Waals surface area contributed by atoms with E-state index in [9.17, 15) is 4.79 Å². The third-order valence-corrected chi connectivity index (χ3v) is 3.05. The van der Waals surface area contributed by atoms with Gasteiger partial charge in [-0.05, 0) is 25.7 Å². The Labute approximate surface area is 91.3 Å². The fraction of sp³-hybridized carbons (Fsp3) is 0.750. The zero-order valence-corrected chi connectivity index (χ0v) is 9.04. The van der Waals surface area contributed by atoms with Gasteiger partial charge in [0.2, 0.25) is 0 Å². The van der Waals surface area contributed by atoms with E-state index >= 15 is 0 Å². The van der Waals surface area contributed by atoms with Crippen molar-refractivity contribution in [3.8, 4) is 12.3 Å². The molecule has 0 amide bonds. The van der Waals surface area contributed by atoms with Crippen LogP contribution in [0.5, 0.6) is 0 Å². The lowest BCUT2D eigenvalue weighted by molar-refractivity contribution is -0.142. The van der Waals surface area contributed by atoms with Gasteiger partial charge in [0.15, 0.2) is 0 Å². The van der Waals surface area contributed by atoms with Crippen LogP contribution in [0.1, 0.15) is 38.5 Å². The number of carboxylic acid groups (broad SMARTS) is 1. The number of hydrogen-bond acceptors (Lipinski definition) is 2. The third-order valence-electron chi connectivity index (χ3n) is 3.05. The third kappa shape index (κ3) is 4.35. The van der Waals surface area contributed by atoms with Gasteiger partial charge in [-0.3, -0.25) is 4.79 Å². The normalized spacial score (nSPS) is 27.4. The molecule has 0 heterocycles. The topological polar surface area (TPSA) is 49.3 Å². The number of hydrogen-bond donors (Lipinski definition) is 2. The molecule has 1 aliphatic rings. The van der Waals surface area contributed by atoms with E-state index in [4.69, 9.17) is 11.5 Å². The van der Waals surface area contributed by atoms with Gasteiger partial charge in [0, 0.05) is 6.04 Å². The zero-order valence-electron chi connectivity index (χ0n) is 9.04. The van der Waals surface area contributed by atoms with E-state index in [1.165, 1.54) is 0 Å². The minimum atomic E-state index is -0.634. The fourth-order valence-corrected chi connectivity index (χ4v) is 2.16. The summed E-state index contributed by atoms with van der Waals surface area (Å²) in [6.07, 6.45) is 10.9. The van der Waals surface area contributed by atoms with E-state index < -0.39 is 5.97 Å². The summed E-state index contributed by atoms with van der Waals surface area (Å²) in [5.74, 6) is 1.81. The van der Waals surface area contributed by atoms with Gasteiger partial charge in [-0.25, -0.2) is 0 Å². The van der Waals surface area contributed by atoms with Gasteiger partial charge in [0.1, 0.15) is 0 Å². The fourth-order valence-electron chi connectivity index (χ4n) is 2.16. The first-order valence-electron chi connectivity index (χ1n) is 5.63. The molecule has 2 N–H and O–H groups in total. The van der Waals surface area contributed by atoms with Crippen LogP contribution in [-0.2, 0) is 4.79 Å². The molecule has 0 atom stereocenters. The highest BCUT2D eigenvalue weighted by molar-refractivity contribution is 5.69. The molecule has 1 saturated carbocycles. The maximum atomic E-state index is 10.8. The molecule has 3 heteroatoms. The predicted octanol–water partition coefficient (Wildman–Crippen LogP) is 1.63. The van der Waals surface area contributed by atoms with Crippen LogP contribution in [0, 0.1) is 18.3 Å². The second-order valence-corrected chi connectivity index (χ2v) is 4.18. The molecule has 0 aliphatic heterocycles. The zero-order chi connectivity index (χ0) is 11.1. The Morgan fingerprint density at radius 1 is 1.33 bits per heavy atom. The number of nitrogens with one attached hydrogen (secondary N) is 1. The molecular weight excluding hydrogens is 190 g/mol. The number of aliphatic carboxylic acids is 1. The number of terminal acetylenes is 1. The summed E-state index contributed by atoms with van der Waals surface area (Å²) in [5.41, 5.74) is 0. The monoisotopic (exact) mass is 209 g/mol. The van der Waals surface area contributed by atoms with E-state index in [1.54, 1.807) is 0 Å². The summed E-state index contributed by atoms with van der Waals surface area (Å²) < 4.78 is 0. The first-order valence-corrected chi connectivity index (χ1v) is 5.63. The second-order valence-electron chi connectivity index (χ2n) is 4.18. The lowest BCUT2D eigenvalue weighted by Crippen LogP contribution is -2.31. The van der Waals surface area contributed by atoms with Crippen molar-refractivity contribution in [2.24, 2.45) is 5.92 Å². The van der Waals surface area contributed by atoms with Crippen molar-refractivity contribution >= 4 is 5.97 Å². The largest absolute Gasteiger partial charge is 0.481 e. The van der Waals surface area contributed by atoms with Crippen LogP contribution >= 0.6 is 0 Å². The molecule has 0 saturated heterocycles. The van der Waals surface area contributed by atoms with E-state index in [2.05, 4.69) is 11.2 Å². The molecular formula is C12H19NO2. The Kier molecular flexibility index (Phi) is 5.20. The van der Waals surface area contributed by atoms with Gasteiger partial charge in [-0.2, -0.15) is 0 Å². The molecule has 0 aromatic rings. The maximum Gasteiger partial charge on any atom is 0.306 e. The summed E-state index contributed by atoms with van der Waals surface area (Å²) in [5, 5.41) is 12.2. The highest BCUT2D eigenvalue weighted by Crippen LogP contribution is 2.22.